The quantitative estimate of drug-likeness (QED) is 0.273. The number of nitrogens with zero attached hydrogens (tertiary/aromatic N) is 5. The van der Waals surface area contributed by atoms with Crippen LogP contribution in [-0.2, 0) is 6.54 Å². The fraction of sp³-hybridized carbons (Fsp3) is 0.385. The zero-order chi connectivity index (χ0) is 26.9. The van der Waals surface area contributed by atoms with Crippen molar-refractivity contribution >= 4 is 63.0 Å². The van der Waals surface area contributed by atoms with Gasteiger partial charge in [0.15, 0.2) is 0 Å². The molecule has 0 saturated carbocycles. The third-order valence-corrected chi connectivity index (χ3v) is 7.37. The lowest BCUT2D eigenvalue weighted by Crippen LogP contribution is -2.49. The monoisotopic (exact) mass is 581 g/mol. The highest BCUT2D eigenvalue weighted by atomic mass is 35.5. The predicted octanol–water partition coefficient (Wildman–Crippen LogP) is 5.42. The number of hydrogen-bond donors (Lipinski definition) is 0. The van der Waals surface area contributed by atoms with E-state index in [1.54, 1.807) is 40.1 Å². The van der Waals surface area contributed by atoms with Crippen molar-refractivity contribution in [2.24, 2.45) is 0 Å². The molecule has 0 aliphatic carbocycles. The first-order valence-electron chi connectivity index (χ1n) is 11.7. The molecule has 2 heterocycles. The van der Waals surface area contributed by atoms with Crippen LogP contribution in [0.5, 0.6) is 0 Å². The molecule has 12 heteroatoms. The van der Waals surface area contributed by atoms with E-state index in [2.05, 4.69) is 0 Å². The van der Waals surface area contributed by atoms with Crippen molar-refractivity contribution in [2.45, 2.75) is 20.4 Å². The topological polar surface area (TPSA) is 91.9 Å². The number of halogens is 3. The normalized spacial score (nSPS) is 13.6. The molecule has 1 aromatic heterocycles. The summed E-state index contributed by atoms with van der Waals surface area (Å²) in [7, 11) is 3.86. The van der Waals surface area contributed by atoms with Gasteiger partial charge in [0.1, 0.15) is 5.69 Å². The van der Waals surface area contributed by atoms with Crippen LogP contribution in [0.1, 0.15) is 24.2 Å². The third kappa shape index (κ3) is 6.07. The van der Waals surface area contributed by atoms with E-state index in [4.69, 9.17) is 34.8 Å². The van der Waals surface area contributed by atoms with Gasteiger partial charge in [-0.3, -0.25) is 19.7 Å². The van der Waals surface area contributed by atoms with Gasteiger partial charge >= 0.3 is 11.2 Å². The summed E-state index contributed by atoms with van der Waals surface area (Å²) in [6.45, 7) is 2.29. The number of aromatic nitrogens is 1. The third-order valence-electron chi connectivity index (χ3n) is 6.40. The van der Waals surface area contributed by atoms with E-state index in [-0.39, 0.29) is 24.0 Å². The van der Waals surface area contributed by atoms with Gasteiger partial charge in [0.05, 0.1) is 20.5 Å². The minimum atomic E-state index is -0.650. The maximum atomic E-state index is 13.4. The number of pyridine rings is 1. The standard InChI is InChI=1S/C25H26Cl3N5O4.CH4/c1-29(2)8-3-9-32-21-7-5-17(26)15-18(21)22(23(25(32)35)33(36)37)30-10-12-31(13-11-30)24(34)16-4-6-19(27)20(28)14-16;/h4-7,14-15H,3,8-13H2,1-2H3;1H4. The van der Waals surface area contributed by atoms with Crippen LogP contribution in [0.2, 0.25) is 15.1 Å². The lowest BCUT2D eigenvalue weighted by Gasteiger charge is -2.36. The Labute approximate surface area is 236 Å². The van der Waals surface area contributed by atoms with E-state index >= 15 is 0 Å². The molecule has 1 aliphatic heterocycles. The van der Waals surface area contributed by atoms with Crippen molar-refractivity contribution in [1.29, 1.82) is 0 Å². The summed E-state index contributed by atoms with van der Waals surface area (Å²) in [6.07, 6.45) is 0.649. The van der Waals surface area contributed by atoms with Gasteiger partial charge in [0, 0.05) is 48.7 Å². The minimum absolute atomic E-state index is 0. The maximum Gasteiger partial charge on any atom is 0.357 e. The molecule has 3 aromatic rings. The first-order chi connectivity index (χ1) is 17.6. The Bertz CT molecular complexity index is 1420. The molecule has 1 aliphatic rings. The molecule has 1 amide bonds. The molecule has 0 atom stereocenters. The van der Waals surface area contributed by atoms with Gasteiger partial charge in [0.25, 0.3) is 5.91 Å². The Morgan fingerprint density at radius 1 is 1.03 bits per heavy atom. The summed E-state index contributed by atoms with van der Waals surface area (Å²) < 4.78 is 1.46. The molecule has 1 fully saturated rings. The van der Waals surface area contributed by atoms with E-state index < -0.39 is 16.2 Å². The van der Waals surface area contributed by atoms with Crippen molar-refractivity contribution in [3.63, 3.8) is 0 Å². The van der Waals surface area contributed by atoms with Gasteiger partial charge in [-0.2, -0.15) is 0 Å². The second-order valence-electron chi connectivity index (χ2n) is 9.14. The largest absolute Gasteiger partial charge is 0.362 e. The lowest BCUT2D eigenvalue weighted by molar-refractivity contribution is -0.385. The summed E-state index contributed by atoms with van der Waals surface area (Å²) >= 11 is 18.3. The molecule has 38 heavy (non-hydrogen) atoms. The maximum absolute atomic E-state index is 13.4. The fourth-order valence-electron chi connectivity index (χ4n) is 4.60. The number of carbonyl (C=O) groups excluding carboxylic acids is 1. The Balaban J connectivity index is 0.00000400. The van der Waals surface area contributed by atoms with Gasteiger partial charge in [-0.25, -0.2) is 0 Å². The van der Waals surface area contributed by atoms with Gasteiger partial charge in [-0.05, 0) is 63.5 Å². The molecule has 0 radical (unpaired) electrons. The molecule has 4 rings (SSSR count). The van der Waals surface area contributed by atoms with Gasteiger partial charge in [-0.1, -0.05) is 42.2 Å². The number of piperazine rings is 1. The average molecular weight is 583 g/mol. The number of carbonyl (C=O) groups is 1. The highest BCUT2D eigenvalue weighted by molar-refractivity contribution is 6.42. The number of rotatable bonds is 7. The second-order valence-corrected chi connectivity index (χ2v) is 10.4. The summed E-state index contributed by atoms with van der Waals surface area (Å²) in [5.74, 6) is -0.211. The SMILES string of the molecule is C.CN(C)CCCn1c(=O)c([N+](=O)[O-])c(N2CCN(C(=O)c3ccc(Cl)c(Cl)c3)CC2)c2cc(Cl)ccc21. The summed E-state index contributed by atoms with van der Waals surface area (Å²) in [6, 6.07) is 9.77. The first-order valence-corrected chi connectivity index (χ1v) is 12.9. The molecule has 0 spiro atoms. The van der Waals surface area contributed by atoms with Crippen LogP contribution >= 0.6 is 34.8 Å². The number of benzene rings is 2. The summed E-state index contributed by atoms with van der Waals surface area (Å²) in [4.78, 5) is 43.5. The zero-order valence-corrected chi connectivity index (χ0v) is 22.7. The van der Waals surface area contributed by atoms with Crippen molar-refractivity contribution in [3.8, 4) is 0 Å². The highest BCUT2D eigenvalue weighted by Crippen LogP contribution is 2.36. The van der Waals surface area contributed by atoms with Crippen LogP contribution in [0.3, 0.4) is 0 Å². The van der Waals surface area contributed by atoms with Crippen LogP contribution < -0.4 is 10.5 Å². The Morgan fingerprint density at radius 2 is 1.71 bits per heavy atom. The molecule has 0 unspecified atom stereocenters. The van der Waals surface area contributed by atoms with E-state index in [0.717, 1.165) is 6.54 Å². The van der Waals surface area contributed by atoms with Gasteiger partial charge in [-0.15, -0.1) is 0 Å². The number of anilines is 1. The van der Waals surface area contributed by atoms with Crippen LogP contribution in [0.4, 0.5) is 11.4 Å². The van der Waals surface area contributed by atoms with Crippen LogP contribution in [0.25, 0.3) is 10.9 Å². The van der Waals surface area contributed by atoms with Crippen LogP contribution in [-0.4, -0.2) is 72.0 Å². The summed E-state index contributed by atoms with van der Waals surface area (Å²) in [5, 5.41) is 13.8. The number of amides is 1. The lowest BCUT2D eigenvalue weighted by atomic mass is 10.1. The van der Waals surface area contributed by atoms with E-state index in [1.807, 2.05) is 19.0 Å². The molecular formula is C26H30Cl3N5O4. The smallest absolute Gasteiger partial charge is 0.357 e. The molecule has 0 N–H and O–H groups in total. The number of hydrogen-bond acceptors (Lipinski definition) is 6. The fourth-order valence-corrected chi connectivity index (χ4v) is 5.07. The Kier molecular flexibility index (Phi) is 9.64. The molecule has 2 aromatic carbocycles. The highest BCUT2D eigenvalue weighted by Gasteiger charge is 2.32. The molecule has 204 valence electrons. The molecule has 1 saturated heterocycles. The average Bonchev–Trinajstić information content (AvgIpc) is 2.86. The number of nitro groups is 1. The zero-order valence-electron chi connectivity index (χ0n) is 20.4. The minimum Gasteiger partial charge on any atom is -0.362 e. The molecular weight excluding hydrogens is 553 g/mol. The molecule has 9 nitrogen and oxygen atoms in total. The Morgan fingerprint density at radius 3 is 2.32 bits per heavy atom. The summed E-state index contributed by atoms with van der Waals surface area (Å²) in [5.41, 5.74) is 0.0965. The van der Waals surface area contributed by atoms with E-state index in [1.165, 1.54) is 10.6 Å². The van der Waals surface area contributed by atoms with Crippen molar-refractivity contribution in [2.75, 3.05) is 51.7 Å². The Hall–Kier alpha value is -2.85. The molecule has 0 bridgehead atoms. The predicted molar refractivity (Wildman–Crippen MR) is 154 cm³/mol. The van der Waals surface area contributed by atoms with E-state index in [9.17, 15) is 19.7 Å². The van der Waals surface area contributed by atoms with Gasteiger partial charge in [0.2, 0.25) is 0 Å². The van der Waals surface area contributed by atoms with Gasteiger partial charge < -0.3 is 19.3 Å². The van der Waals surface area contributed by atoms with E-state index in [0.29, 0.717) is 65.7 Å². The number of aryl methyl sites for hydroxylation is 1. The van der Waals surface area contributed by atoms with Crippen LogP contribution in [0.15, 0.2) is 41.2 Å². The van der Waals surface area contributed by atoms with Crippen molar-refractivity contribution < 1.29 is 9.72 Å². The second kappa shape index (κ2) is 12.3. The van der Waals surface area contributed by atoms with Crippen molar-refractivity contribution in [1.82, 2.24) is 14.4 Å². The number of fused-ring (bicyclic) bond motifs is 1. The first kappa shape index (κ1) is 29.7. The van der Waals surface area contributed by atoms with Crippen LogP contribution in [0, 0.1) is 10.1 Å². The van der Waals surface area contributed by atoms with Crippen molar-refractivity contribution in [3.05, 3.63) is 77.5 Å².